The Morgan fingerprint density at radius 1 is 1.27 bits per heavy atom. The number of aromatic nitrogens is 3. The van der Waals surface area contributed by atoms with E-state index in [0.717, 1.165) is 5.56 Å². The van der Waals surface area contributed by atoms with Gasteiger partial charge in [-0.1, -0.05) is 6.07 Å². The summed E-state index contributed by atoms with van der Waals surface area (Å²) in [7, 11) is 1.66. The van der Waals surface area contributed by atoms with Crippen LogP contribution in [0.25, 0.3) is 11.0 Å². The Hall–Kier alpha value is -1.45. The van der Waals surface area contributed by atoms with Gasteiger partial charge in [0.2, 0.25) is 0 Å². The molecule has 0 amide bonds. The van der Waals surface area contributed by atoms with Gasteiger partial charge in [0.15, 0.2) is 0 Å². The van der Waals surface area contributed by atoms with Crippen LogP contribution in [0.15, 0.2) is 29.6 Å². The quantitative estimate of drug-likeness (QED) is 0.530. The second kappa shape index (κ2) is 8.96. The van der Waals surface area contributed by atoms with Crippen LogP contribution in [0.1, 0.15) is 16.8 Å². The van der Waals surface area contributed by atoms with Gasteiger partial charge in [-0.3, -0.25) is 9.19 Å². The number of rotatable bonds is 6. The van der Waals surface area contributed by atoms with Crippen molar-refractivity contribution in [3.05, 3.63) is 41.2 Å². The second-order valence-electron chi connectivity index (χ2n) is 5.40. The molecule has 3 rings (SSSR count). The molecule has 9 heteroatoms. The molecule has 0 aliphatic rings. The smallest absolute Gasteiger partial charge is 0.497 e. The van der Waals surface area contributed by atoms with Crippen molar-refractivity contribution in [2.24, 2.45) is 0 Å². The molecule has 1 N–H and O–H groups in total. The average Bonchev–Trinajstić information content (AvgIpc) is 3.06. The molecule has 2 aromatic heterocycles. The van der Waals surface area contributed by atoms with Crippen LogP contribution in [0.4, 0.5) is 0 Å². The minimum atomic E-state index is -1.45. The first kappa shape index (κ1) is 20.9. The number of pyridine rings is 1. The van der Waals surface area contributed by atoms with E-state index in [9.17, 15) is 9.32 Å². The van der Waals surface area contributed by atoms with Crippen molar-refractivity contribution in [3.63, 3.8) is 0 Å². The van der Waals surface area contributed by atoms with Crippen LogP contribution >= 0.6 is 0 Å². The van der Waals surface area contributed by atoms with Gasteiger partial charge in [-0.2, -0.15) is 0 Å². The van der Waals surface area contributed by atoms with Crippen molar-refractivity contribution in [1.82, 2.24) is 15.0 Å². The fourth-order valence-electron chi connectivity index (χ4n) is 2.56. The first-order chi connectivity index (χ1) is 12.1. The van der Waals surface area contributed by atoms with Gasteiger partial charge in [-0.15, -0.1) is 0 Å². The monoisotopic (exact) mass is 383 g/mol. The minimum Gasteiger partial charge on any atom is -0.497 e. The second-order valence-corrected chi connectivity index (χ2v) is 6.74. The van der Waals surface area contributed by atoms with Gasteiger partial charge < -0.3 is 24.5 Å². The summed E-state index contributed by atoms with van der Waals surface area (Å²) in [6.07, 6.45) is 1.53. The zero-order valence-electron chi connectivity index (χ0n) is 15.1. The molecule has 0 saturated carbocycles. The SMILES string of the molecule is COc1ccc2nc(S(=O)Cc3ncc(CO)c(OC)c3C)[n-]c2c1.[Na+]. The van der Waals surface area contributed by atoms with E-state index < -0.39 is 10.8 Å². The topological polar surface area (TPSA) is 95.6 Å². The number of aliphatic hydroxyl groups is 1. The number of hydrogen-bond acceptors (Lipinski definition) is 6. The van der Waals surface area contributed by atoms with Gasteiger partial charge in [0.25, 0.3) is 0 Å². The molecule has 0 fully saturated rings. The third-order valence-corrected chi connectivity index (χ3v) is 5.03. The fraction of sp³-hybridized carbons (Fsp3) is 0.294. The molecule has 0 aliphatic heterocycles. The van der Waals surface area contributed by atoms with Crippen molar-refractivity contribution in [1.29, 1.82) is 0 Å². The maximum Gasteiger partial charge on any atom is 1.00 e. The third-order valence-electron chi connectivity index (χ3n) is 3.90. The molecule has 1 atom stereocenters. The maximum absolute atomic E-state index is 12.7. The summed E-state index contributed by atoms with van der Waals surface area (Å²) in [4.78, 5) is 13.0. The Balaban J connectivity index is 0.00000243. The number of nitrogens with zero attached hydrogens (tertiary/aromatic N) is 3. The predicted molar refractivity (Wildman–Crippen MR) is 93.2 cm³/mol. The standard InChI is InChI=1S/C17H18N3O4S.Na/c1-10-15(18-7-11(8-21)16(10)24-3)9-25(22)17-19-13-5-4-12(23-2)6-14(13)20-17;/h4-7,21H,8-9H2,1-3H3;/q-1;+1. The Labute approximate surface area is 175 Å². The molecule has 2 heterocycles. The number of ether oxygens (including phenoxy) is 2. The van der Waals surface area contributed by atoms with Crippen molar-refractivity contribution in [2.75, 3.05) is 14.2 Å². The van der Waals surface area contributed by atoms with Gasteiger partial charge in [0.05, 0.1) is 43.1 Å². The van der Waals surface area contributed by atoms with Gasteiger partial charge in [0, 0.05) is 22.5 Å². The summed E-state index contributed by atoms with van der Waals surface area (Å²) in [5.41, 5.74) is 3.28. The van der Waals surface area contributed by atoms with Crippen LogP contribution in [0.5, 0.6) is 11.5 Å². The van der Waals surface area contributed by atoms with Crippen LogP contribution < -0.4 is 44.0 Å². The normalized spacial score (nSPS) is 11.8. The summed E-state index contributed by atoms with van der Waals surface area (Å²) in [6.45, 7) is 1.66. The Kier molecular flexibility index (Phi) is 7.19. The molecule has 3 aromatic rings. The first-order valence-electron chi connectivity index (χ1n) is 7.56. The molecular formula is C17H18N3NaO4S. The summed E-state index contributed by atoms with van der Waals surface area (Å²) in [5, 5.41) is 9.60. The van der Waals surface area contributed by atoms with E-state index in [1.54, 1.807) is 25.3 Å². The number of benzene rings is 1. The van der Waals surface area contributed by atoms with Gasteiger partial charge in [0.1, 0.15) is 11.5 Å². The van der Waals surface area contributed by atoms with E-state index in [2.05, 4.69) is 15.0 Å². The van der Waals surface area contributed by atoms with Gasteiger partial charge >= 0.3 is 29.6 Å². The first-order valence-corrected chi connectivity index (χ1v) is 8.88. The largest absolute Gasteiger partial charge is 1.00 e. The van der Waals surface area contributed by atoms with Crippen LogP contribution in [0, 0.1) is 6.92 Å². The molecular weight excluding hydrogens is 365 g/mol. The molecule has 132 valence electrons. The fourth-order valence-corrected chi connectivity index (χ4v) is 3.63. The van der Waals surface area contributed by atoms with E-state index in [1.807, 2.05) is 6.92 Å². The van der Waals surface area contributed by atoms with Crippen LogP contribution in [0.2, 0.25) is 0 Å². The molecule has 1 aromatic carbocycles. The molecule has 7 nitrogen and oxygen atoms in total. The molecule has 0 saturated heterocycles. The van der Waals surface area contributed by atoms with E-state index in [0.29, 0.717) is 33.8 Å². The summed E-state index contributed by atoms with van der Waals surface area (Å²) in [6, 6.07) is 5.32. The van der Waals surface area contributed by atoms with Crippen molar-refractivity contribution >= 4 is 21.8 Å². The Bertz CT molecular complexity index is 945. The summed E-state index contributed by atoms with van der Waals surface area (Å²) < 4.78 is 23.2. The number of fused-ring (bicyclic) bond motifs is 1. The molecule has 26 heavy (non-hydrogen) atoms. The number of hydrogen-bond donors (Lipinski definition) is 1. The van der Waals surface area contributed by atoms with E-state index >= 15 is 0 Å². The molecule has 1 unspecified atom stereocenters. The number of methoxy groups -OCH3 is 2. The zero-order chi connectivity index (χ0) is 18.0. The molecule has 0 aliphatic carbocycles. The Morgan fingerprint density at radius 3 is 2.69 bits per heavy atom. The minimum absolute atomic E-state index is 0. The van der Waals surface area contributed by atoms with Crippen LogP contribution in [-0.4, -0.2) is 33.5 Å². The third kappa shape index (κ3) is 4.10. The molecule has 0 bridgehead atoms. The number of imidazole rings is 1. The maximum atomic E-state index is 12.7. The molecule has 0 spiro atoms. The van der Waals surface area contributed by atoms with Crippen LogP contribution in [-0.2, 0) is 23.2 Å². The summed E-state index contributed by atoms with van der Waals surface area (Å²) >= 11 is 0. The van der Waals surface area contributed by atoms with E-state index in [-0.39, 0.29) is 47.1 Å². The number of aliphatic hydroxyl groups excluding tert-OH is 1. The van der Waals surface area contributed by atoms with Crippen molar-refractivity contribution < 1.29 is 48.3 Å². The summed E-state index contributed by atoms with van der Waals surface area (Å²) in [5.74, 6) is 1.40. The van der Waals surface area contributed by atoms with Crippen molar-refractivity contribution in [2.45, 2.75) is 24.4 Å². The van der Waals surface area contributed by atoms with Gasteiger partial charge in [-0.25, -0.2) is 0 Å². The molecule has 0 radical (unpaired) electrons. The van der Waals surface area contributed by atoms with Gasteiger partial charge in [-0.05, 0) is 30.1 Å². The zero-order valence-corrected chi connectivity index (χ0v) is 18.0. The van der Waals surface area contributed by atoms with E-state index in [4.69, 9.17) is 9.47 Å². The Morgan fingerprint density at radius 2 is 2.04 bits per heavy atom. The van der Waals surface area contributed by atoms with Crippen LogP contribution in [0.3, 0.4) is 0 Å². The average molecular weight is 383 g/mol. The van der Waals surface area contributed by atoms with E-state index in [1.165, 1.54) is 13.3 Å². The van der Waals surface area contributed by atoms with Crippen molar-refractivity contribution in [3.8, 4) is 11.5 Å². The predicted octanol–water partition coefficient (Wildman–Crippen LogP) is -1.28.